The van der Waals surface area contributed by atoms with Crippen LogP contribution in [0, 0.1) is 5.41 Å². The average molecular weight is 195 g/mol. The van der Waals surface area contributed by atoms with Gasteiger partial charge in [0.25, 0.3) is 0 Å². The van der Waals surface area contributed by atoms with E-state index in [9.17, 15) is 0 Å². The van der Waals surface area contributed by atoms with Crippen molar-refractivity contribution in [1.29, 1.82) is 0 Å². The van der Waals surface area contributed by atoms with Crippen LogP contribution < -0.4 is 0 Å². The first-order chi connectivity index (χ1) is 5.49. The lowest BCUT2D eigenvalue weighted by molar-refractivity contribution is -0.119. The molecule has 0 aromatic heterocycles. The molecule has 0 N–H and O–H groups in total. The van der Waals surface area contributed by atoms with Crippen molar-refractivity contribution in [2.75, 3.05) is 14.2 Å². The molecule has 0 radical (unpaired) electrons. The van der Waals surface area contributed by atoms with Crippen LogP contribution >= 0.6 is 11.6 Å². The summed E-state index contributed by atoms with van der Waals surface area (Å²) in [5.41, 5.74) is 0.0399. The third-order valence-corrected chi connectivity index (χ3v) is 3.16. The second-order valence-corrected chi connectivity index (χ2v) is 4.05. The molecule has 0 aliphatic rings. The molecule has 0 aliphatic carbocycles. The van der Waals surface area contributed by atoms with Crippen LogP contribution in [-0.4, -0.2) is 25.9 Å². The highest BCUT2D eigenvalue weighted by Gasteiger charge is 2.33. The Morgan fingerprint density at radius 3 is 1.92 bits per heavy atom. The van der Waals surface area contributed by atoms with E-state index in [0.717, 1.165) is 6.42 Å². The van der Waals surface area contributed by atoms with Gasteiger partial charge in [0, 0.05) is 14.2 Å². The third kappa shape index (κ3) is 2.92. The van der Waals surface area contributed by atoms with Gasteiger partial charge in [0.05, 0.1) is 5.38 Å². The molecule has 0 aromatic rings. The van der Waals surface area contributed by atoms with Crippen molar-refractivity contribution >= 4 is 11.6 Å². The summed E-state index contributed by atoms with van der Waals surface area (Å²) in [6.07, 6.45) is 0.686. The smallest absolute Gasteiger partial charge is 0.173 e. The van der Waals surface area contributed by atoms with Gasteiger partial charge in [-0.25, -0.2) is 0 Å². The summed E-state index contributed by atoms with van der Waals surface area (Å²) < 4.78 is 10.2. The fourth-order valence-corrected chi connectivity index (χ4v) is 1.26. The summed E-state index contributed by atoms with van der Waals surface area (Å²) in [6, 6.07) is 0. The summed E-state index contributed by atoms with van der Waals surface area (Å²) in [6.45, 7) is 6.32. The van der Waals surface area contributed by atoms with Gasteiger partial charge in [0.2, 0.25) is 0 Å². The van der Waals surface area contributed by atoms with E-state index < -0.39 is 0 Å². The molecule has 1 atom stereocenters. The quantitative estimate of drug-likeness (QED) is 0.495. The number of alkyl halides is 1. The molecule has 74 valence electrons. The summed E-state index contributed by atoms with van der Waals surface area (Å²) in [4.78, 5) is 0. The molecule has 0 fully saturated rings. The Morgan fingerprint density at radius 2 is 1.67 bits per heavy atom. The molecule has 1 unspecified atom stereocenters. The number of hydrogen-bond donors (Lipinski definition) is 0. The Morgan fingerprint density at radius 1 is 1.25 bits per heavy atom. The molecule has 12 heavy (non-hydrogen) atoms. The number of methoxy groups -OCH3 is 2. The standard InChI is InChI=1S/C9H19ClO2/c1-6-9(2,3)7(10)8(11-4)12-5/h7-8H,6H2,1-5H3. The van der Waals surface area contributed by atoms with Crippen molar-refractivity contribution in [3.05, 3.63) is 0 Å². The monoisotopic (exact) mass is 194 g/mol. The number of hydrogen-bond acceptors (Lipinski definition) is 2. The fourth-order valence-electron chi connectivity index (χ4n) is 0.899. The highest BCUT2D eigenvalue weighted by atomic mass is 35.5. The van der Waals surface area contributed by atoms with E-state index in [4.69, 9.17) is 21.1 Å². The zero-order valence-corrected chi connectivity index (χ0v) is 9.31. The predicted octanol–water partition coefficient (Wildman–Crippen LogP) is 2.65. The summed E-state index contributed by atoms with van der Waals surface area (Å²) >= 11 is 6.19. The number of halogens is 1. The molecule has 2 nitrogen and oxygen atoms in total. The van der Waals surface area contributed by atoms with E-state index in [1.165, 1.54) is 0 Å². The minimum Gasteiger partial charge on any atom is -0.354 e. The molecule has 0 bridgehead atoms. The normalized spacial score (nSPS) is 15.2. The van der Waals surface area contributed by atoms with E-state index in [1.807, 2.05) is 0 Å². The lowest BCUT2D eigenvalue weighted by Crippen LogP contribution is -2.37. The van der Waals surface area contributed by atoms with Crippen LogP contribution in [0.4, 0.5) is 0 Å². The van der Waals surface area contributed by atoms with Gasteiger partial charge in [-0.1, -0.05) is 20.8 Å². The maximum Gasteiger partial charge on any atom is 0.173 e. The van der Waals surface area contributed by atoms with Gasteiger partial charge in [-0.05, 0) is 11.8 Å². The molecule has 0 heterocycles. The van der Waals surface area contributed by atoms with Crippen molar-refractivity contribution in [1.82, 2.24) is 0 Å². The van der Waals surface area contributed by atoms with E-state index in [1.54, 1.807) is 14.2 Å². The van der Waals surface area contributed by atoms with Crippen LogP contribution in [0.25, 0.3) is 0 Å². The third-order valence-electron chi connectivity index (χ3n) is 2.36. The highest BCUT2D eigenvalue weighted by molar-refractivity contribution is 6.21. The van der Waals surface area contributed by atoms with E-state index in [0.29, 0.717) is 0 Å². The average Bonchev–Trinajstić information content (AvgIpc) is 2.06. The maximum absolute atomic E-state index is 6.19. The fraction of sp³-hybridized carbons (Fsp3) is 1.00. The van der Waals surface area contributed by atoms with Crippen molar-refractivity contribution in [2.45, 2.75) is 38.9 Å². The van der Waals surface area contributed by atoms with Crippen LogP contribution in [0.1, 0.15) is 27.2 Å². The molecule has 0 spiro atoms. The van der Waals surface area contributed by atoms with Gasteiger partial charge < -0.3 is 9.47 Å². The maximum atomic E-state index is 6.19. The van der Waals surface area contributed by atoms with Crippen LogP contribution in [0.3, 0.4) is 0 Å². The molecule has 0 saturated carbocycles. The first kappa shape index (κ1) is 12.2. The summed E-state index contributed by atoms with van der Waals surface area (Å²) in [5.74, 6) is 0. The van der Waals surface area contributed by atoms with Gasteiger partial charge in [-0.3, -0.25) is 0 Å². The van der Waals surface area contributed by atoms with E-state index in [-0.39, 0.29) is 17.1 Å². The molecular formula is C9H19ClO2. The second-order valence-electron chi connectivity index (χ2n) is 3.58. The van der Waals surface area contributed by atoms with E-state index >= 15 is 0 Å². The molecule has 0 rings (SSSR count). The van der Waals surface area contributed by atoms with Crippen molar-refractivity contribution in [2.24, 2.45) is 5.41 Å². The predicted molar refractivity (Wildman–Crippen MR) is 51.5 cm³/mol. The summed E-state index contributed by atoms with van der Waals surface area (Å²) in [5, 5.41) is -0.113. The Labute approximate surface area is 80.2 Å². The minimum absolute atomic E-state index is 0.0399. The minimum atomic E-state index is -0.318. The number of ether oxygens (including phenoxy) is 2. The molecule has 3 heteroatoms. The highest BCUT2D eigenvalue weighted by Crippen LogP contribution is 2.32. The largest absolute Gasteiger partial charge is 0.354 e. The van der Waals surface area contributed by atoms with Crippen LogP contribution in [0.2, 0.25) is 0 Å². The SMILES string of the molecule is CCC(C)(C)C(Cl)C(OC)OC. The zero-order chi connectivity index (χ0) is 9.78. The number of rotatable bonds is 5. The molecule has 0 saturated heterocycles. The van der Waals surface area contributed by atoms with Gasteiger partial charge in [-0.15, -0.1) is 11.6 Å². The molecule has 0 aromatic carbocycles. The second kappa shape index (κ2) is 5.05. The molecule has 0 aliphatic heterocycles. The van der Waals surface area contributed by atoms with Crippen molar-refractivity contribution in [3.63, 3.8) is 0 Å². The summed E-state index contributed by atoms with van der Waals surface area (Å²) in [7, 11) is 3.21. The lowest BCUT2D eigenvalue weighted by Gasteiger charge is -2.32. The molecular weight excluding hydrogens is 176 g/mol. The molecule has 0 amide bonds. The van der Waals surface area contributed by atoms with Crippen molar-refractivity contribution in [3.8, 4) is 0 Å². The lowest BCUT2D eigenvalue weighted by atomic mass is 9.86. The zero-order valence-electron chi connectivity index (χ0n) is 8.56. The van der Waals surface area contributed by atoms with Gasteiger partial charge in [0.15, 0.2) is 6.29 Å². The Hall–Kier alpha value is 0.210. The van der Waals surface area contributed by atoms with E-state index in [2.05, 4.69) is 20.8 Å². The van der Waals surface area contributed by atoms with Gasteiger partial charge in [-0.2, -0.15) is 0 Å². The van der Waals surface area contributed by atoms with Crippen molar-refractivity contribution < 1.29 is 9.47 Å². The first-order valence-corrected chi connectivity index (χ1v) is 4.63. The Kier molecular flexibility index (Phi) is 5.14. The van der Waals surface area contributed by atoms with Crippen LogP contribution in [0.15, 0.2) is 0 Å². The van der Waals surface area contributed by atoms with Gasteiger partial charge in [0.1, 0.15) is 0 Å². The Bertz CT molecular complexity index is 122. The van der Waals surface area contributed by atoms with Gasteiger partial charge >= 0.3 is 0 Å². The first-order valence-electron chi connectivity index (χ1n) is 4.19. The Balaban J connectivity index is 4.23. The van der Waals surface area contributed by atoms with Crippen LogP contribution in [0.5, 0.6) is 0 Å². The van der Waals surface area contributed by atoms with Crippen LogP contribution in [-0.2, 0) is 9.47 Å². The topological polar surface area (TPSA) is 18.5 Å².